The Hall–Kier alpha value is -1.10. The van der Waals surface area contributed by atoms with Crippen molar-refractivity contribution in [1.82, 2.24) is 0 Å². The number of nitrogens with one attached hydrogen (secondary N) is 1. The third kappa shape index (κ3) is 4.29. The summed E-state index contributed by atoms with van der Waals surface area (Å²) in [5.74, 6) is -0.425. The molecule has 0 spiro atoms. The van der Waals surface area contributed by atoms with E-state index in [0.717, 1.165) is 25.5 Å². The van der Waals surface area contributed by atoms with Gasteiger partial charge in [0.25, 0.3) is 0 Å². The summed E-state index contributed by atoms with van der Waals surface area (Å²) in [5, 5.41) is 3.02. The monoisotopic (exact) mass is 273 g/mol. The highest BCUT2D eigenvalue weighted by atomic mass is 32.2. The van der Waals surface area contributed by atoms with Gasteiger partial charge in [-0.1, -0.05) is 19.8 Å². The number of unbranched alkanes of at least 4 members (excludes halogenated alkanes) is 1. The lowest BCUT2D eigenvalue weighted by atomic mass is 10.1. The molecule has 0 fully saturated rings. The minimum atomic E-state index is -3.30. The van der Waals surface area contributed by atoms with Crippen molar-refractivity contribution >= 4 is 15.5 Å². The third-order valence-electron chi connectivity index (χ3n) is 2.76. The predicted octanol–water partition coefficient (Wildman–Crippen LogP) is 3.22. The van der Waals surface area contributed by atoms with Crippen molar-refractivity contribution in [2.45, 2.75) is 44.0 Å². The van der Waals surface area contributed by atoms with E-state index in [1.165, 1.54) is 18.2 Å². The topological polar surface area (TPSA) is 46.2 Å². The van der Waals surface area contributed by atoms with Gasteiger partial charge in [0.1, 0.15) is 5.82 Å². The van der Waals surface area contributed by atoms with Crippen LogP contribution in [0, 0.1) is 5.82 Å². The second-order valence-corrected chi connectivity index (χ2v) is 6.62. The van der Waals surface area contributed by atoms with Crippen LogP contribution < -0.4 is 5.32 Å². The van der Waals surface area contributed by atoms with Gasteiger partial charge < -0.3 is 5.32 Å². The molecule has 1 atom stereocenters. The van der Waals surface area contributed by atoms with Crippen molar-refractivity contribution in [3.05, 3.63) is 24.0 Å². The number of anilines is 1. The summed E-state index contributed by atoms with van der Waals surface area (Å²) < 4.78 is 36.4. The van der Waals surface area contributed by atoms with Gasteiger partial charge in [-0.2, -0.15) is 0 Å². The molecule has 102 valence electrons. The summed E-state index contributed by atoms with van der Waals surface area (Å²) in [5.41, 5.74) is 0.251. The Balaban J connectivity index is 2.88. The molecule has 18 heavy (non-hydrogen) atoms. The molecule has 1 aromatic rings. The third-order valence-corrected chi connectivity index (χ3v) is 3.87. The summed E-state index contributed by atoms with van der Waals surface area (Å²) in [4.78, 5) is 0.133. The number of halogens is 1. The van der Waals surface area contributed by atoms with Crippen LogP contribution in [0.4, 0.5) is 10.1 Å². The molecule has 1 aromatic carbocycles. The molecule has 0 aromatic heterocycles. The largest absolute Gasteiger partial charge is 0.380 e. The first-order chi connectivity index (χ1) is 8.34. The van der Waals surface area contributed by atoms with Gasteiger partial charge in [-0.25, -0.2) is 12.8 Å². The fourth-order valence-corrected chi connectivity index (χ4v) is 2.34. The van der Waals surface area contributed by atoms with Gasteiger partial charge in [-0.05, 0) is 31.5 Å². The van der Waals surface area contributed by atoms with Crippen LogP contribution in [-0.2, 0) is 9.84 Å². The Morgan fingerprint density at radius 1 is 1.39 bits per heavy atom. The van der Waals surface area contributed by atoms with E-state index in [1.54, 1.807) is 0 Å². The summed E-state index contributed by atoms with van der Waals surface area (Å²) >= 11 is 0. The number of sulfone groups is 1. The number of hydrogen-bond donors (Lipinski definition) is 1. The van der Waals surface area contributed by atoms with Crippen LogP contribution in [0.15, 0.2) is 23.1 Å². The molecule has 1 N–H and O–H groups in total. The average Bonchev–Trinajstić information content (AvgIpc) is 2.28. The van der Waals surface area contributed by atoms with Crippen LogP contribution in [0.2, 0.25) is 0 Å². The molecule has 0 aliphatic heterocycles. The van der Waals surface area contributed by atoms with E-state index in [2.05, 4.69) is 12.2 Å². The summed E-state index contributed by atoms with van der Waals surface area (Å²) in [7, 11) is -3.30. The van der Waals surface area contributed by atoms with Crippen molar-refractivity contribution < 1.29 is 12.8 Å². The maximum Gasteiger partial charge on any atom is 0.175 e. The molecule has 0 saturated heterocycles. The van der Waals surface area contributed by atoms with E-state index in [4.69, 9.17) is 0 Å². The summed E-state index contributed by atoms with van der Waals surface area (Å²) in [6, 6.07) is 3.94. The van der Waals surface area contributed by atoms with Crippen LogP contribution in [0.25, 0.3) is 0 Å². The molecule has 0 bridgehead atoms. The second kappa shape index (κ2) is 6.18. The maximum absolute atomic E-state index is 13.6. The fourth-order valence-electron chi connectivity index (χ4n) is 1.69. The minimum absolute atomic E-state index is 0.120. The van der Waals surface area contributed by atoms with Gasteiger partial charge in [0.15, 0.2) is 9.84 Å². The number of benzene rings is 1. The Labute approximate surface area is 108 Å². The zero-order chi connectivity index (χ0) is 13.8. The lowest BCUT2D eigenvalue weighted by Crippen LogP contribution is -2.16. The first-order valence-corrected chi connectivity index (χ1v) is 8.00. The Bertz CT molecular complexity index is 500. The highest BCUT2D eigenvalue weighted by Gasteiger charge is 2.12. The van der Waals surface area contributed by atoms with E-state index < -0.39 is 15.7 Å². The predicted molar refractivity (Wildman–Crippen MR) is 72.1 cm³/mol. The average molecular weight is 273 g/mol. The standard InChI is InChI=1S/C13H20FNO2S/c1-4-5-6-10(2)15-13-9-11(18(3,16)17)7-8-12(13)14/h7-10,15H,4-6H2,1-3H3. The van der Waals surface area contributed by atoms with E-state index >= 15 is 0 Å². The minimum Gasteiger partial charge on any atom is -0.380 e. The molecular formula is C13H20FNO2S. The van der Waals surface area contributed by atoms with E-state index in [0.29, 0.717) is 0 Å². The highest BCUT2D eigenvalue weighted by Crippen LogP contribution is 2.21. The zero-order valence-electron chi connectivity index (χ0n) is 11.0. The SMILES string of the molecule is CCCCC(C)Nc1cc(S(C)(=O)=O)ccc1F. The van der Waals surface area contributed by atoms with E-state index in [-0.39, 0.29) is 16.6 Å². The Kier molecular flexibility index (Phi) is 5.14. The molecular weight excluding hydrogens is 253 g/mol. The lowest BCUT2D eigenvalue weighted by Gasteiger charge is -2.16. The van der Waals surface area contributed by atoms with E-state index in [1.807, 2.05) is 6.92 Å². The normalized spacial score (nSPS) is 13.3. The molecule has 0 aliphatic rings. The second-order valence-electron chi connectivity index (χ2n) is 4.60. The van der Waals surface area contributed by atoms with Crippen molar-refractivity contribution in [2.24, 2.45) is 0 Å². The first-order valence-electron chi connectivity index (χ1n) is 6.10. The van der Waals surface area contributed by atoms with E-state index in [9.17, 15) is 12.8 Å². The van der Waals surface area contributed by atoms with Gasteiger partial charge in [-0.15, -0.1) is 0 Å². The fraction of sp³-hybridized carbons (Fsp3) is 0.538. The van der Waals surface area contributed by atoms with Crippen molar-refractivity contribution in [2.75, 3.05) is 11.6 Å². The lowest BCUT2D eigenvalue weighted by molar-refractivity contribution is 0.598. The first kappa shape index (κ1) is 15.0. The van der Waals surface area contributed by atoms with Crippen LogP contribution in [0.3, 0.4) is 0 Å². The van der Waals surface area contributed by atoms with Crippen molar-refractivity contribution in [1.29, 1.82) is 0 Å². The van der Waals surface area contributed by atoms with Crippen molar-refractivity contribution in [3.63, 3.8) is 0 Å². The Morgan fingerprint density at radius 2 is 2.06 bits per heavy atom. The smallest absolute Gasteiger partial charge is 0.175 e. The molecule has 0 heterocycles. The molecule has 0 amide bonds. The molecule has 0 saturated carbocycles. The van der Waals surface area contributed by atoms with Crippen molar-refractivity contribution in [3.8, 4) is 0 Å². The molecule has 1 rings (SSSR count). The zero-order valence-corrected chi connectivity index (χ0v) is 11.8. The Morgan fingerprint density at radius 3 is 2.61 bits per heavy atom. The molecule has 1 unspecified atom stereocenters. The van der Waals surface area contributed by atoms with Crippen LogP contribution in [0.5, 0.6) is 0 Å². The molecule has 0 radical (unpaired) electrons. The molecule has 3 nitrogen and oxygen atoms in total. The summed E-state index contributed by atoms with van der Waals surface area (Å²) in [6.07, 6.45) is 4.18. The number of hydrogen-bond acceptors (Lipinski definition) is 3. The van der Waals surface area contributed by atoms with Crippen LogP contribution in [-0.4, -0.2) is 20.7 Å². The summed E-state index contributed by atoms with van der Waals surface area (Å²) in [6.45, 7) is 4.06. The van der Waals surface area contributed by atoms with Crippen LogP contribution >= 0.6 is 0 Å². The highest BCUT2D eigenvalue weighted by molar-refractivity contribution is 7.90. The molecule has 0 aliphatic carbocycles. The molecule has 5 heteroatoms. The number of rotatable bonds is 6. The van der Waals surface area contributed by atoms with Gasteiger partial charge in [-0.3, -0.25) is 0 Å². The van der Waals surface area contributed by atoms with Gasteiger partial charge in [0.2, 0.25) is 0 Å². The van der Waals surface area contributed by atoms with Gasteiger partial charge >= 0.3 is 0 Å². The van der Waals surface area contributed by atoms with Crippen LogP contribution in [0.1, 0.15) is 33.1 Å². The maximum atomic E-state index is 13.6. The van der Waals surface area contributed by atoms with Gasteiger partial charge in [0, 0.05) is 12.3 Å². The van der Waals surface area contributed by atoms with Gasteiger partial charge in [0.05, 0.1) is 10.6 Å². The quantitative estimate of drug-likeness (QED) is 0.809.